The molecule has 0 radical (unpaired) electrons. The Morgan fingerprint density at radius 3 is 1.88 bits per heavy atom. The van der Waals surface area contributed by atoms with Gasteiger partial charge >= 0.3 is 0 Å². The summed E-state index contributed by atoms with van der Waals surface area (Å²) in [5.41, 5.74) is 15.0. The van der Waals surface area contributed by atoms with Crippen LogP contribution in [0.25, 0.3) is 53.6 Å². The topological polar surface area (TPSA) is 3.24 Å². The summed E-state index contributed by atoms with van der Waals surface area (Å²) < 4.78 is 2.67. The van der Waals surface area contributed by atoms with Crippen LogP contribution >= 0.6 is 11.3 Å². The molecule has 1 aliphatic rings. The molecular formula is C49H41NS. The van der Waals surface area contributed by atoms with Gasteiger partial charge in [-0.15, -0.1) is 11.3 Å². The van der Waals surface area contributed by atoms with Crippen molar-refractivity contribution in [1.82, 2.24) is 0 Å². The van der Waals surface area contributed by atoms with Gasteiger partial charge in [-0.25, -0.2) is 0 Å². The first-order valence-electron chi connectivity index (χ1n) is 17.9. The largest absolute Gasteiger partial charge is 0.310 e. The summed E-state index contributed by atoms with van der Waals surface area (Å²) in [5, 5.41) is 2.66. The van der Waals surface area contributed by atoms with Crippen molar-refractivity contribution in [3.8, 4) is 33.4 Å². The average Bonchev–Trinajstić information content (AvgIpc) is 3.63. The van der Waals surface area contributed by atoms with Crippen LogP contribution in [0.1, 0.15) is 51.3 Å². The Labute approximate surface area is 305 Å². The molecule has 0 saturated heterocycles. The zero-order valence-corrected chi connectivity index (χ0v) is 30.7. The second-order valence-corrected chi connectivity index (χ2v) is 16.5. The lowest BCUT2D eigenvalue weighted by Gasteiger charge is -2.33. The van der Waals surface area contributed by atoms with Crippen molar-refractivity contribution in [2.24, 2.45) is 0 Å². The quantitative estimate of drug-likeness (QED) is 0.175. The van der Waals surface area contributed by atoms with Gasteiger partial charge < -0.3 is 4.90 Å². The van der Waals surface area contributed by atoms with Crippen molar-refractivity contribution < 1.29 is 0 Å². The van der Waals surface area contributed by atoms with Crippen LogP contribution in [0.2, 0.25) is 0 Å². The Morgan fingerprint density at radius 1 is 0.471 bits per heavy atom. The maximum atomic E-state index is 2.48. The second-order valence-electron chi connectivity index (χ2n) is 15.4. The second kappa shape index (κ2) is 11.8. The molecule has 0 atom stereocenters. The molecule has 9 rings (SSSR count). The van der Waals surface area contributed by atoms with Gasteiger partial charge in [0.1, 0.15) is 0 Å². The predicted octanol–water partition coefficient (Wildman–Crippen LogP) is 14.5. The van der Waals surface area contributed by atoms with E-state index in [1.54, 1.807) is 0 Å². The molecule has 0 aliphatic heterocycles. The highest BCUT2D eigenvalue weighted by Crippen LogP contribution is 2.51. The molecule has 2 heteroatoms. The van der Waals surface area contributed by atoms with Gasteiger partial charge in [-0.3, -0.25) is 0 Å². The molecule has 0 saturated carbocycles. The smallest absolute Gasteiger partial charge is 0.0499 e. The number of hydrogen-bond donors (Lipinski definition) is 0. The van der Waals surface area contributed by atoms with Crippen molar-refractivity contribution in [1.29, 1.82) is 0 Å². The van der Waals surface area contributed by atoms with Crippen LogP contribution in [0.4, 0.5) is 17.1 Å². The third kappa shape index (κ3) is 5.29. The van der Waals surface area contributed by atoms with Gasteiger partial charge in [0.05, 0.1) is 0 Å². The lowest BCUT2D eigenvalue weighted by atomic mass is 9.82. The van der Waals surface area contributed by atoms with E-state index in [2.05, 4.69) is 197 Å². The Morgan fingerprint density at radius 2 is 1.08 bits per heavy atom. The number of rotatable bonds is 5. The summed E-state index contributed by atoms with van der Waals surface area (Å²) in [5.74, 6) is 0. The number of thiophene rings is 1. The summed E-state index contributed by atoms with van der Waals surface area (Å²) in [7, 11) is 0. The van der Waals surface area contributed by atoms with Gasteiger partial charge in [0.15, 0.2) is 0 Å². The molecule has 0 bridgehead atoms. The van der Waals surface area contributed by atoms with E-state index < -0.39 is 0 Å². The zero-order chi connectivity index (χ0) is 34.9. The summed E-state index contributed by atoms with van der Waals surface area (Å²) in [6.07, 6.45) is 0. The molecule has 0 spiro atoms. The van der Waals surface area contributed by atoms with E-state index in [9.17, 15) is 0 Å². The van der Waals surface area contributed by atoms with Crippen molar-refractivity contribution in [2.45, 2.75) is 45.4 Å². The molecule has 1 nitrogen and oxygen atoms in total. The monoisotopic (exact) mass is 675 g/mol. The van der Waals surface area contributed by atoms with Crippen LogP contribution in [0, 0.1) is 0 Å². The van der Waals surface area contributed by atoms with E-state index in [0.717, 1.165) is 5.69 Å². The van der Waals surface area contributed by atoms with E-state index in [1.165, 1.54) is 81.6 Å². The molecule has 0 amide bonds. The fraction of sp³-hybridized carbons (Fsp3) is 0.143. The minimum absolute atomic E-state index is 0.0913. The normalized spacial score (nSPS) is 13.4. The Hall–Kier alpha value is -5.44. The van der Waals surface area contributed by atoms with E-state index in [0.29, 0.717) is 0 Å². The van der Waals surface area contributed by atoms with Gasteiger partial charge in [-0.05, 0) is 110 Å². The third-order valence-electron chi connectivity index (χ3n) is 10.8. The molecule has 8 aromatic rings. The number of hydrogen-bond acceptors (Lipinski definition) is 2. The first kappa shape index (κ1) is 31.5. The summed E-state index contributed by atoms with van der Waals surface area (Å²) in [4.78, 5) is 2.48. The Bertz CT molecular complexity index is 2580. The Balaban J connectivity index is 1.22. The molecule has 1 aromatic heterocycles. The van der Waals surface area contributed by atoms with E-state index in [1.807, 2.05) is 11.3 Å². The molecule has 0 unspecified atom stereocenters. The number of benzene rings is 7. The fourth-order valence-electron chi connectivity index (χ4n) is 8.11. The number of anilines is 3. The minimum Gasteiger partial charge on any atom is -0.310 e. The van der Waals surface area contributed by atoms with Gasteiger partial charge in [-0.2, -0.15) is 0 Å². The van der Waals surface area contributed by atoms with Crippen molar-refractivity contribution in [3.63, 3.8) is 0 Å². The van der Waals surface area contributed by atoms with E-state index in [4.69, 9.17) is 0 Å². The first-order chi connectivity index (χ1) is 24.7. The average molecular weight is 676 g/mol. The summed E-state index contributed by atoms with van der Waals surface area (Å²) in [6, 6.07) is 58.6. The SMILES string of the molecule is CC(C)(C)c1cc(-c2ccc3sc4ccccc4c3c2)ccc1N(c1ccc(-c2ccccc2)cc1)c1ccc2c(c1)C(C)(C)c1ccccc1-2. The lowest BCUT2D eigenvalue weighted by Crippen LogP contribution is -2.20. The van der Waals surface area contributed by atoms with Crippen LogP contribution in [0.15, 0.2) is 158 Å². The maximum absolute atomic E-state index is 2.48. The maximum Gasteiger partial charge on any atom is 0.0499 e. The highest BCUT2D eigenvalue weighted by atomic mass is 32.1. The minimum atomic E-state index is -0.112. The zero-order valence-electron chi connectivity index (χ0n) is 29.9. The third-order valence-corrected chi connectivity index (χ3v) is 12.0. The lowest BCUT2D eigenvalue weighted by molar-refractivity contribution is 0.591. The number of fused-ring (bicyclic) bond motifs is 6. The summed E-state index contributed by atoms with van der Waals surface area (Å²) >= 11 is 1.87. The van der Waals surface area contributed by atoms with Crippen LogP contribution < -0.4 is 4.90 Å². The first-order valence-corrected chi connectivity index (χ1v) is 18.7. The number of nitrogens with zero attached hydrogens (tertiary/aromatic N) is 1. The predicted molar refractivity (Wildman–Crippen MR) is 221 cm³/mol. The van der Waals surface area contributed by atoms with Crippen LogP contribution in [0.5, 0.6) is 0 Å². The van der Waals surface area contributed by atoms with Gasteiger partial charge in [-0.1, -0.05) is 138 Å². The van der Waals surface area contributed by atoms with Crippen molar-refractivity contribution in [2.75, 3.05) is 4.90 Å². The molecule has 0 fully saturated rings. The van der Waals surface area contributed by atoms with Crippen LogP contribution in [0.3, 0.4) is 0 Å². The molecule has 51 heavy (non-hydrogen) atoms. The molecule has 0 N–H and O–H groups in total. The van der Waals surface area contributed by atoms with E-state index >= 15 is 0 Å². The molecule has 7 aromatic carbocycles. The van der Waals surface area contributed by atoms with Crippen molar-refractivity contribution in [3.05, 3.63) is 174 Å². The van der Waals surface area contributed by atoms with Gasteiger partial charge in [0, 0.05) is 42.6 Å². The van der Waals surface area contributed by atoms with E-state index in [-0.39, 0.29) is 10.8 Å². The van der Waals surface area contributed by atoms with Gasteiger partial charge in [0.2, 0.25) is 0 Å². The van der Waals surface area contributed by atoms with Crippen molar-refractivity contribution >= 4 is 48.6 Å². The van der Waals surface area contributed by atoms with Crippen LogP contribution in [-0.2, 0) is 10.8 Å². The van der Waals surface area contributed by atoms with Gasteiger partial charge in [0.25, 0.3) is 0 Å². The summed E-state index contributed by atoms with van der Waals surface area (Å²) in [6.45, 7) is 11.7. The molecule has 1 heterocycles. The standard InChI is InChI=1S/C49H41NS/c1-48(2,3)44-30-35(34-22-28-47-41(29-34)40-16-10-12-18-46(40)51-47)21-27-45(44)50(36-23-19-33(20-24-36)32-13-7-6-8-14-32)37-25-26-39-38-15-9-11-17-42(38)49(4,5)43(39)31-37/h6-31H,1-5H3. The molecular weight excluding hydrogens is 635 g/mol. The highest BCUT2D eigenvalue weighted by molar-refractivity contribution is 7.25. The fourth-order valence-corrected chi connectivity index (χ4v) is 9.20. The molecule has 1 aliphatic carbocycles. The Kier molecular flexibility index (Phi) is 7.31. The van der Waals surface area contributed by atoms with Crippen LogP contribution in [-0.4, -0.2) is 0 Å². The molecule has 248 valence electrons. The highest BCUT2D eigenvalue weighted by Gasteiger charge is 2.36.